The Morgan fingerprint density at radius 3 is 2.58 bits per heavy atom. The molecule has 0 unspecified atom stereocenters. The zero-order valence-electron chi connectivity index (χ0n) is 14.2. The van der Waals surface area contributed by atoms with Crippen LogP contribution in [0.15, 0.2) is 28.6 Å². The Labute approximate surface area is 150 Å². The van der Waals surface area contributed by atoms with Gasteiger partial charge in [-0.25, -0.2) is 0 Å². The van der Waals surface area contributed by atoms with Crippen LogP contribution in [0.5, 0.6) is 5.75 Å². The molecule has 0 aliphatic heterocycles. The van der Waals surface area contributed by atoms with Crippen LogP contribution in [-0.4, -0.2) is 35.0 Å². The molecule has 0 saturated carbocycles. The SMILES string of the molecule is COc1ccc(NC(=O)[C@H](C)Sc2nnc(NCC(C)C)s2)cc1. The van der Waals surface area contributed by atoms with E-state index in [2.05, 4.69) is 34.7 Å². The van der Waals surface area contributed by atoms with Gasteiger partial charge in [-0.15, -0.1) is 10.2 Å². The number of rotatable bonds is 8. The molecule has 6 nitrogen and oxygen atoms in total. The monoisotopic (exact) mass is 366 g/mol. The fourth-order valence-corrected chi connectivity index (χ4v) is 3.65. The van der Waals surface area contributed by atoms with Crippen molar-refractivity contribution < 1.29 is 9.53 Å². The van der Waals surface area contributed by atoms with E-state index in [1.54, 1.807) is 7.11 Å². The molecule has 0 aliphatic rings. The number of anilines is 2. The minimum Gasteiger partial charge on any atom is -0.497 e. The third-order valence-corrected chi connectivity index (χ3v) is 5.14. The number of thioether (sulfide) groups is 1. The number of nitrogens with one attached hydrogen (secondary N) is 2. The summed E-state index contributed by atoms with van der Waals surface area (Å²) in [5.74, 6) is 1.22. The van der Waals surface area contributed by atoms with Crippen molar-refractivity contribution in [2.45, 2.75) is 30.4 Å². The van der Waals surface area contributed by atoms with Crippen LogP contribution >= 0.6 is 23.1 Å². The van der Waals surface area contributed by atoms with Crippen LogP contribution in [0.4, 0.5) is 10.8 Å². The van der Waals surface area contributed by atoms with Gasteiger partial charge in [0.1, 0.15) is 5.75 Å². The molecular weight excluding hydrogens is 344 g/mol. The van der Waals surface area contributed by atoms with Crippen LogP contribution in [0.25, 0.3) is 0 Å². The Bertz CT molecular complexity index is 658. The first-order valence-electron chi connectivity index (χ1n) is 7.67. The van der Waals surface area contributed by atoms with Crippen molar-refractivity contribution in [1.82, 2.24) is 10.2 Å². The van der Waals surface area contributed by atoms with Crippen LogP contribution in [0, 0.1) is 5.92 Å². The molecule has 1 heterocycles. The molecule has 0 fully saturated rings. The fourth-order valence-electron chi connectivity index (χ4n) is 1.74. The predicted molar refractivity (Wildman–Crippen MR) is 100 cm³/mol. The summed E-state index contributed by atoms with van der Waals surface area (Å²) in [5, 5.41) is 14.9. The fraction of sp³-hybridized carbons (Fsp3) is 0.438. The van der Waals surface area contributed by atoms with Crippen molar-refractivity contribution in [1.29, 1.82) is 0 Å². The molecule has 1 atom stereocenters. The Morgan fingerprint density at radius 1 is 1.25 bits per heavy atom. The van der Waals surface area contributed by atoms with Gasteiger partial charge in [-0.05, 0) is 37.1 Å². The second kappa shape index (κ2) is 8.89. The van der Waals surface area contributed by atoms with E-state index in [0.717, 1.165) is 27.5 Å². The maximum absolute atomic E-state index is 12.3. The van der Waals surface area contributed by atoms with Gasteiger partial charge in [0.25, 0.3) is 0 Å². The van der Waals surface area contributed by atoms with Gasteiger partial charge in [0, 0.05) is 12.2 Å². The van der Waals surface area contributed by atoms with Crippen molar-refractivity contribution in [3.8, 4) is 5.75 Å². The van der Waals surface area contributed by atoms with Crippen LogP contribution in [0.1, 0.15) is 20.8 Å². The highest BCUT2D eigenvalue weighted by molar-refractivity contribution is 8.02. The number of benzene rings is 1. The van der Waals surface area contributed by atoms with E-state index < -0.39 is 0 Å². The Balaban J connectivity index is 1.86. The molecule has 0 aliphatic carbocycles. The maximum Gasteiger partial charge on any atom is 0.237 e. The summed E-state index contributed by atoms with van der Waals surface area (Å²) < 4.78 is 5.88. The van der Waals surface area contributed by atoms with Gasteiger partial charge in [-0.1, -0.05) is 36.9 Å². The van der Waals surface area contributed by atoms with Crippen LogP contribution in [0.3, 0.4) is 0 Å². The first-order chi connectivity index (χ1) is 11.5. The number of amides is 1. The molecule has 130 valence electrons. The molecule has 0 bridgehead atoms. The molecule has 2 aromatic rings. The summed E-state index contributed by atoms with van der Waals surface area (Å²) in [6, 6.07) is 7.25. The van der Waals surface area contributed by atoms with E-state index in [1.165, 1.54) is 23.1 Å². The largest absolute Gasteiger partial charge is 0.497 e. The minimum absolute atomic E-state index is 0.0722. The summed E-state index contributed by atoms with van der Waals surface area (Å²) in [6.07, 6.45) is 0. The average molecular weight is 367 g/mol. The first-order valence-corrected chi connectivity index (χ1v) is 9.36. The summed E-state index contributed by atoms with van der Waals surface area (Å²) >= 11 is 2.87. The minimum atomic E-state index is -0.266. The van der Waals surface area contributed by atoms with Crippen molar-refractivity contribution in [3.05, 3.63) is 24.3 Å². The molecule has 1 amide bonds. The van der Waals surface area contributed by atoms with Crippen molar-refractivity contribution in [2.75, 3.05) is 24.3 Å². The van der Waals surface area contributed by atoms with Crippen LogP contribution in [-0.2, 0) is 4.79 Å². The van der Waals surface area contributed by atoms with Gasteiger partial charge in [0.05, 0.1) is 12.4 Å². The lowest BCUT2D eigenvalue weighted by molar-refractivity contribution is -0.115. The third-order valence-electron chi connectivity index (χ3n) is 3.07. The first kappa shape index (κ1) is 18.5. The highest BCUT2D eigenvalue weighted by Gasteiger charge is 2.17. The van der Waals surface area contributed by atoms with Gasteiger partial charge in [0.15, 0.2) is 4.34 Å². The van der Waals surface area contributed by atoms with Crippen molar-refractivity contribution in [3.63, 3.8) is 0 Å². The summed E-state index contributed by atoms with van der Waals surface area (Å²) in [5.41, 5.74) is 0.741. The number of nitrogens with zero attached hydrogens (tertiary/aromatic N) is 2. The lowest BCUT2D eigenvalue weighted by atomic mass is 10.2. The molecule has 1 aromatic heterocycles. The quantitative estimate of drug-likeness (QED) is 0.693. The molecule has 1 aromatic carbocycles. The number of carbonyl (C=O) groups excluding carboxylic acids is 1. The Hall–Kier alpha value is -1.80. The van der Waals surface area contributed by atoms with Crippen molar-refractivity contribution >= 4 is 39.8 Å². The van der Waals surface area contributed by atoms with Gasteiger partial charge >= 0.3 is 0 Å². The standard InChI is InChI=1S/C16H22N4O2S2/c1-10(2)9-17-15-19-20-16(24-15)23-11(3)14(21)18-12-5-7-13(22-4)8-6-12/h5-8,10-11H,9H2,1-4H3,(H,17,19)(H,18,21)/t11-/m0/s1. The summed E-state index contributed by atoms with van der Waals surface area (Å²) in [6.45, 7) is 6.98. The molecule has 0 spiro atoms. The summed E-state index contributed by atoms with van der Waals surface area (Å²) in [7, 11) is 1.61. The molecule has 0 radical (unpaired) electrons. The Kier molecular flexibility index (Phi) is 6.86. The number of hydrogen-bond donors (Lipinski definition) is 2. The molecule has 24 heavy (non-hydrogen) atoms. The lowest BCUT2D eigenvalue weighted by Crippen LogP contribution is -2.22. The number of methoxy groups -OCH3 is 1. The van der Waals surface area contributed by atoms with Gasteiger partial charge in [-0.3, -0.25) is 4.79 Å². The van der Waals surface area contributed by atoms with Gasteiger partial charge < -0.3 is 15.4 Å². The molecule has 2 N–H and O–H groups in total. The Morgan fingerprint density at radius 2 is 1.96 bits per heavy atom. The normalized spacial score (nSPS) is 12.0. The van der Waals surface area contributed by atoms with Crippen molar-refractivity contribution in [2.24, 2.45) is 5.92 Å². The molecule has 0 saturated heterocycles. The number of carbonyl (C=O) groups is 1. The van der Waals surface area contributed by atoms with E-state index in [-0.39, 0.29) is 11.2 Å². The van der Waals surface area contributed by atoms with Gasteiger partial charge in [0.2, 0.25) is 11.0 Å². The summed E-state index contributed by atoms with van der Waals surface area (Å²) in [4.78, 5) is 12.3. The van der Waals surface area contributed by atoms with E-state index >= 15 is 0 Å². The highest BCUT2D eigenvalue weighted by Crippen LogP contribution is 2.29. The second-order valence-electron chi connectivity index (χ2n) is 5.63. The van der Waals surface area contributed by atoms with Gasteiger partial charge in [-0.2, -0.15) is 0 Å². The predicted octanol–water partition coefficient (Wildman–Crippen LogP) is 3.73. The second-order valence-corrected chi connectivity index (χ2v) is 8.19. The van der Waals surface area contributed by atoms with E-state index in [1.807, 2.05) is 31.2 Å². The zero-order chi connectivity index (χ0) is 17.5. The number of hydrogen-bond acceptors (Lipinski definition) is 7. The molecule has 2 rings (SSSR count). The van der Waals surface area contributed by atoms with Crippen LogP contribution < -0.4 is 15.4 Å². The van der Waals surface area contributed by atoms with Crippen LogP contribution in [0.2, 0.25) is 0 Å². The third kappa shape index (κ3) is 5.68. The zero-order valence-corrected chi connectivity index (χ0v) is 15.8. The number of aromatic nitrogens is 2. The lowest BCUT2D eigenvalue weighted by Gasteiger charge is -2.10. The number of ether oxygens (including phenoxy) is 1. The van der Waals surface area contributed by atoms with E-state index in [4.69, 9.17) is 4.74 Å². The smallest absolute Gasteiger partial charge is 0.237 e. The van der Waals surface area contributed by atoms with E-state index in [9.17, 15) is 4.79 Å². The topological polar surface area (TPSA) is 76.1 Å². The molecular formula is C16H22N4O2S2. The molecule has 8 heteroatoms. The van der Waals surface area contributed by atoms with E-state index in [0.29, 0.717) is 5.92 Å². The highest BCUT2D eigenvalue weighted by atomic mass is 32.2. The maximum atomic E-state index is 12.3. The average Bonchev–Trinajstić information content (AvgIpc) is 3.01.